The Morgan fingerprint density at radius 3 is 2.20 bits per heavy atom. The van der Waals surface area contributed by atoms with E-state index in [1.165, 1.54) is 71.5 Å². The second kappa shape index (κ2) is 8.54. The van der Waals surface area contributed by atoms with Gasteiger partial charge in [-0.1, -0.05) is 0 Å². The van der Waals surface area contributed by atoms with Crippen molar-refractivity contribution in [3.05, 3.63) is 0 Å². The van der Waals surface area contributed by atoms with E-state index in [1.807, 2.05) is 0 Å². The van der Waals surface area contributed by atoms with Crippen molar-refractivity contribution in [1.82, 2.24) is 15.1 Å². The minimum absolute atomic E-state index is 0. The molecule has 0 spiro atoms. The molecular formula is C15H30ClN3O. The van der Waals surface area contributed by atoms with E-state index in [-0.39, 0.29) is 12.4 Å². The zero-order valence-corrected chi connectivity index (χ0v) is 13.4. The van der Waals surface area contributed by atoms with E-state index in [2.05, 4.69) is 15.1 Å². The molecule has 3 heterocycles. The number of piperidine rings is 1. The van der Waals surface area contributed by atoms with Crippen LogP contribution in [0.15, 0.2) is 0 Å². The molecule has 4 nitrogen and oxygen atoms in total. The molecule has 0 aromatic rings. The summed E-state index contributed by atoms with van der Waals surface area (Å²) >= 11 is 0. The molecule has 0 bridgehead atoms. The van der Waals surface area contributed by atoms with Crippen LogP contribution >= 0.6 is 12.4 Å². The molecule has 118 valence electrons. The Bertz CT molecular complexity index is 260. The fraction of sp³-hybridized carbons (Fsp3) is 1.00. The summed E-state index contributed by atoms with van der Waals surface area (Å²) in [6, 6.07) is 0.801. The van der Waals surface area contributed by atoms with Gasteiger partial charge < -0.3 is 15.0 Å². The van der Waals surface area contributed by atoms with E-state index < -0.39 is 0 Å². The maximum atomic E-state index is 5.47. The second-order valence-electron chi connectivity index (χ2n) is 6.37. The Balaban J connectivity index is 0.00000147. The highest BCUT2D eigenvalue weighted by Gasteiger charge is 2.26. The van der Waals surface area contributed by atoms with E-state index in [0.29, 0.717) is 0 Å². The number of hydrogen-bond donors (Lipinski definition) is 1. The van der Waals surface area contributed by atoms with Gasteiger partial charge in [0.25, 0.3) is 0 Å². The summed E-state index contributed by atoms with van der Waals surface area (Å²) in [6.45, 7) is 10.8. The fourth-order valence-corrected chi connectivity index (χ4v) is 3.79. The lowest BCUT2D eigenvalue weighted by molar-refractivity contribution is 0.0109. The van der Waals surface area contributed by atoms with Crippen LogP contribution in [0, 0.1) is 5.92 Å². The number of halogens is 1. The summed E-state index contributed by atoms with van der Waals surface area (Å²) in [5.41, 5.74) is 0. The van der Waals surface area contributed by atoms with Crippen LogP contribution in [0.5, 0.6) is 0 Å². The highest BCUT2D eigenvalue weighted by atomic mass is 35.5. The summed E-state index contributed by atoms with van der Waals surface area (Å²) in [5, 5.41) is 3.46. The molecule has 0 amide bonds. The Labute approximate surface area is 129 Å². The average molecular weight is 304 g/mol. The van der Waals surface area contributed by atoms with Crippen molar-refractivity contribution in [3.63, 3.8) is 0 Å². The number of ether oxygens (including phenoxy) is 1. The fourth-order valence-electron chi connectivity index (χ4n) is 3.79. The molecule has 0 aromatic carbocycles. The molecule has 0 aliphatic carbocycles. The van der Waals surface area contributed by atoms with Gasteiger partial charge in [-0.3, -0.25) is 4.90 Å². The normalized spacial score (nSPS) is 28.2. The smallest absolute Gasteiger partial charge is 0.0480 e. The topological polar surface area (TPSA) is 27.7 Å². The Morgan fingerprint density at radius 1 is 0.900 bits per heavy atom. The van der Waals surface area contributed by atoms with E-state index in [0.717, 1.165) is 25.2 Å². The van der Waals surface area contributed by atoms with Crippen molar-refractivity contribution in [2.24, 2.45) is 5.92 Å². The standard InChI is InChI=1S/C15H29N3O.ClH/c1-5-16-6-2-14(1)13-17-7-9-18(10-8-17)15-3-11-19-12-4-15;/h14-16H,1-13H2;1H. The van der Waals surface area contributed by atoms with E-state index in [1.54, 1.807) is 0 Å². The SMILES string of the molecule is C1CC(CN2CCN(C3CCOCC3)CC2)CCN1.Cl. The van der Waals surface area contributed by atoms with Gasteiger partial charge in [0.15, 0.2) is 0 Å². The number of hydrogen-bond acceptors (Lipinski definition) is 4. The summed E-state index contributed by atoms with van der Waals surface area (Å²) in [6.07, 6.45) is 5.24. The molecule has 5 heteroatoms. The van der Waals surface area contributed by atoms with Gasteiger partial charge in [-0.25, -0.2) is 0 Å². The highest BCUT2D eigenvalue weighted by Crippen LogP contribution is 2.18. The molecule has 1 N–H and O–H groups in total. The Morgan fingerprint density at radius 2 is 1.55 bits per heavy atom. The first-order valence-corrected chi connectivity index (χ1v) is 8.17. The molecule has 0 saturated carbocycles. The largest absolute Gasteiger partial charge is 0.381 e. The molecule has 0 atom stereocenters. The lowest BCUT2D eigenvalue weighted by Gasteiger charge is -2.41. The predicted molar refractivity (Wildman–Crippen MR) is 84.7 cm³/mol. The predicted octanol–water partition coefficient (Wildman–Crippen LogP) is 1.20. The monoisotopic (exact) mass is 303 g/mol. The van der Waals surface area contributed by atoms with Crippen LogP contribution < -0.4 is 5.32 Å². The van der Waals surface area contributed by atoms with Crippen LogP contribution in [0.1, 0.15) is 25.7 Å². The van der Waals surface area contributed by atoms with Crippen LogP contribution in [-0.2, 0) is 4.74 Å². The quantitative estimate of drug-likeness (QED) is 0.848. The number of rotatable bonds is 3. The highest BCUT2D eigenvalue weighted by molar-refractivity contribution is 5.85. The molecule has 3 rings (SSSR count). The summed E-state index contributed by atoms with van der Waals surface area (Å²) in [4.78, 5) is 5.41. The average Bonchev–Trinajstić information content (AvgIpc) is 2.50. The van der Waals surface area contributed by atoms with Gasteiger partial charge in [0.05, 0.1) is 0 Å². The molecule has 3 saturated heterocycles. The summed E-state index contributed by atoms with van der Waals surface area (Å²) < 4.78 is 5.47. The van der Waals surface area contributed by atoms with Gasteiger partial charge in [-0.2, -0.15) is 0 Å². The van der Waals surface area contributed by atoms with Crippen LogP contribution in [0.2, 0.25) is 0 Å². The van der Waals surface area contributed by atoms with Gasteiger partial charge in [-0.15, -0.1) is 12.4 Å². The molecule has 3 fully saturated rings. The minimum atomic E-state index is 0. The zero-order chi connectivity index (χ0) is 12.9. The maximum Gasteiger partial charge on any atom is 0.0480 e. The van der Waals surface area contributed by atoms with Crippen molar-refractivity contribution >= 4 is 12.4 Å². The molecule has 3 aliphatic heterocycles. The summed E-state index contributed by atoms with van der Waals surface area (Å²) in [5.74, 6) is 0.941. The summed E-state index contributed by atoms with van der Waals surface area (Å²) in [7, 11) is 0. The van der Waals surface area contributed by atoms with Crippen molar-refractivity contribution in [3.8, 4) is 0 Å². The maximum absolute atomic E-state index is 5.47. The number of piperazine rings is 1. The van der Waals surface area contributed by atoms with Gasteiger partial charge in [0, 0.05) is 52.0 Å². The zero-order valence-electron chi connectivity index (χ0n) is 12.6. The van der Waals surface area contributed by atoms with E-state index in [4.69, 9.17) is 4.74 Å². The van der Waals surface area contributed by atoms with Gasteiger partial charge in [0.1, 0.15) is 0 Å². The van der Waals surface area contributed by atoms with Crippen molar-refractivity contribution in [2.45, 2.75) is 31.7 Å². The Hall–Kier alpha value is 0.130. The van der Waals surface area contributed by atoms with Crippen LogP contribution in [-0.4, -0.2) is 74.9 Å². The van der Waals surface area contributed by atoms with Crippen molar-refractivity contribution < 1.29 is 4.74 Å². The first-order valence-electron chi connectivity index (χ1n) is 8.17. The number of nitrogens with one attached hydrogen (secondary N) is 1. The van der Waals surface area contributed by atoms with Crippen molar-refractivity contribution in [2.75, 3.05) is 59.0 Å². The van der Waals surface area contributed by atoms with Crippen LogP contribution in [0.4, 0.5) is 0 Å². The molecule has 3 aliphatic rings. The second-order valence-corrected chi connectivity index (χ2v) is 6.37. The Kier molecular flexibility index (Phi) is 7.05. The lowest BCUT2D eigenvalue weighted by atomic mass is 9.97. The van der Waals surface area contributed by atoms with Crippen LogP contribution in [0.3, 0.4) is 0 Å². The molecular weight excluding hydrogens is 274 g/mol. The first kappa shape index (κ1) is 16.5. The van der Waals surface area contributed by atoms with E-state index in [9.17, 15) is 0 Å². The van der Waals surface area contributed by atoms with Crippen LogP contribution in [0.25, 0.3) is 0 Å². The third kappa shape index (κ3) is 4.57. The van der Waals surface area contributed by atoms with Crippen molar-refractivity contribution in [1.29, 1.82) is 0 Å². The van der Waals surface area contributed by atoms with Gasteiger partial charge in [-0.05, 0) is 44.7 Å². The lowest BCUT2D eigenvalue weighted by Crippen LogP contribution is -2.52. The number of nitrogens with zero attached hydrogens (tertiary/aromatic N) is 2. The first-order chi connectivity index (χ1) is 9.42. The molecule has 0 unspecified atom stereocenters. The molecule has 0 radical (unpaired) electrons. The molecule has 0 aromatic heterocycles. The third-order valence-corrected chi connectivity index (χ3v) is 5.09. The third-order valence-electron chi connectivity index (χ3n) is 5.09. The minimum Gasteiger partial charge on any atom is -0.381 e. The van der Waals surface area contributed by atoms with Gasteiger partial charge in [0.2, 0.25) is 0 Å². The van der Waals surface area contributed by atoms with Gasteiger partial charge >= 0.3 is 0 Å². The molecule has 20 heavy (non-hydrogen) atoms. The van der Waals surface area contributed by atoms with E-state index >= 15 is 0 Å².